The number of rotatable bonds is 5. The number of hydrogen-bond acceptors (Lipinski definition) is 4. The standard InChI is InChI=1S/C19H15ClF3N3O3/c1-28-13-7-8-16(29-2)15(9-13)25-18(27)14-10-24-26(17(14)19(21,22)23)12-5-3-11(20)4-6-12/h3-10H,1-2H3,(H,25,27). The Labute approximate surface area is 168 Å². The Morgan fingerprint density at radius 1 is 1.10 bits per heavy atom. The Hall–Kier alpha value is -3.20. The van der Waals surface area contributed by atoms with Crippen molar-refractivity contribution >= 4 is 23.2 Å². The van der Waals surface area contributed by atoms with E-state index in [1.54, 1.807) is 6.07 Å². The van der Waals surface area contributed by atoms with Crippen LogP contribution in [0, 0.1) is 0 Å². The monoisotopic (exact) mass is 425 g/mol. The average Bonchev–Trinajstić information content (AvgIpc) is 3.14. The van der Waals surface area contributed by atoms with Crippen LogP contribution < -0.4 is 14.8 Å². The molecule has 0 aliphatic heterocycles. The largest absolute Gasteiger partial charge is 0.497 e. The normalized spacial score (nSPS) is 11.2. The molecule has 0 saturated carbocycles. The summed E-state index contributed by atoms with van der Waals surface area (Å²) in [6.45, 7) is 0. The molecule has 0 aliphatic rings. The van der Waals surface area contributed by atoms with E-state index in [1.165, 1.54) is 50.6 Å². The first-order valence-corrected chi connectivity index (χ1v) is 8.57. The maximum atomic E-state index is 13.8. The van der Waals surface area contributed by atoms with Gasteiger partial charge in [-0.2, -0.15) is 18.3 Å². The van der Waals surface area contributed by atoms with Gasteiger partial charge >= 0.3 is 6.18 Å². The molecule has 3 aromatic rings. The van der Waals surface area contributed by atoms with Gasteiger partial charge < -0.3 is 14.8 Å². The fourth-order valence-corrected chi connectivity index (χ4v) is 2.79. The summed E-state index contributed by atoms with van der Waals surface area (Å²) < 4.78 is 52.1. The second kappa shape index (κ2) is 8.04. The van der Waals surface area contributed by atoms with E-state index < -0.39 is 23.3 Å². The van der Waals surface area contributed by atoms with Crippen LogP contribution in [0.5, 0.6) is 11.5 Å². The molecule has 1 N–H and O–H groups in total. The van der Waals surface area contributed by atoms with Gasteiger partial charge in [0, 0.05) is 11.1 Å². The van der Waals surface area contributed by atoms with Gasteiger partial charge in [0.25, 0.3) is 5.91 Å². The first kappa shape index (κ1) is 20.5. The van der Waals surface area contributed by atoms with Crippen LogP contribution in [0.4, 0.5) is 18.9 Å². The molecule has 1 amide bonds. The highest BCUT2D eigenvalue weighted by atomic mass is 35.5. The Bertz CT molecular complexity index is 1030. The van der Waals surface area contributed by atoms with Crippen molar-refractivity contribution in [1.82, 2.24) is 9.78 Å². The number of amides is 1. The molecule has 0 atom stereocenters. The van der Waals surface area contributed by atoms with Crippen molar-refractivity contribution in [2.45, 2.75) is 6.18 Å². The van der Waals surface area contributed by atoms with Gasteiger partial charge in [0.2, 0.25) is 0 Å². The van der Waals surface area contributed by atoms with Crippen LogP contribution in [0.3, 0.4) is 0 Å². The number of ether oxygens (including phenoxy) is 2. The summed E-state index contributed by atoms with van der Waals surface area (Å²) in [5, 5.41) is 6.54. The van der Waals surface area contributed by atoms with Crippen molar-refractivity contribution < 1.29 is 27.4 Å². The lowest BCUT2D eigenvalue weighted by atomic mass is 10.2. The van der Waals surface area contributed by atoms with Gasteiger partial charge in [-0.1, -0.05) is 11.6 Å². The highest BCUT2D eigenvalue weighted by Crippen LogP contribution is 2.35. The fourth-order valence-electron chi connectivity index (χ4n) is 2.67. The molecule has 0 aliphatic carbocycles. The molecule has 0 spiro atoms. The van der Waals surface area contributed by atoms with Crippen LogP contribution in [-0.2, 0) is 6.18 Å². The number of carbonyl (C=O) groups excluding carboxylic acids is 1. The molecule has 0 fully saturated rings. The van der Waals surface area contributed by atoms with E-state index in [0.29, 0.717) is 15.5 Å². The van der Waals surface area contributed by atoms with Gasteiger partial charge in [-0.05, 0) is 36.4 Å². The molecule has 0 bridgehead atoms. The van der Waals surface area contributed by atoms with E-state index in [4.69, 9.17) is 21.1 Å². The molecule has 0 radical (unpaired) electrons. The zero-order valence-electron chi connectivity index (χ0n) is 15.2. The number of alkyl halides is 3. The second-order valence-corrected chi connectivity index (χ2v) is 6.25. The fraction of sp³-hybridized carbons (Fsp3) is 0.158. The quantitative estimate of drug-likeness (QED) is 0.637. The lowest BCUT2D eigenvalue weighted by Crippen LogP contribution is -2.21. The number of benzene rings is 2. The lowest BCUT2D eigenvalue weighted by Gasteiger charge is -2.14. The third kappa shape index (κ3) is 4.29. The Morgan fingerprint density at radius 2 is 1.79 bits per heavy atom. The maximum Gasteiger partial charge on any atom is 0.434 e. The first-order chi connectivity index (χ1) is 13.7. The number of aromatic nitrogens is 2. The molecule has 1 heterocycles. The number of carbonyl (C=O) groups is 1. The van der Waals surface area contributed by atoms with Crippen molar-refractivity contribution in [3.63, 3.8) is 0 Å². The van der Waals surface area contributed by atoms with E-state index in [0.717, 1.165) is 6.20 Å². The number of anilines is 1. The van der Waals surface area contributed by atoms with E-state index >= 15 is 0 Å². The molecule has 1 aromatic heterocycles. The van der Waals surface area contributed by atoms with Crippen molar-refractivity contribution in [2.24, 2.45) is 0 Å². The third-order valence-electron chi connectivity index (χ3n) is 4.01. The predicted molar refractivity (Wildman–Crippen MR) is 101 cm³/mol. The molecule has 6 nitrogen and oxygen atoms in total. The summed E-state index contributed by atoms with van der Waals surface area (Å²) in [5.41, 5.74) is -1.58. The number of methoxy groups -OCH3 is 2. The zero-order chi connectivity index (χ0) is 21.2. The van der Waals surface area contributed by atoms with E-state index in [2.05, 4.69) is 10.4 Å². The summed E-state index contributed by atoms with van der Waals surface area (Å²) in [7, 11) is 2.79. The van der Waals surface area contributed by atoms with Crippen LogP contribution in [0.15, 0.2) is 48.7 Å². The molecule has 152 valence electrons. The maximum absolute atomic E-state index is 13.8. The SMILES string of the molecule is COc1ccc(OC)c(NC(=O)c2cnn(-c3ccc(Cl)cc3)c2C(F)(F)F)c1. The minimum atomic E-state index is -4.83. The van der Waals surface area contributed by atoms with Crippen LogP contribution in [0.25, 0.3) is 5.69 Å². The topological polar surface area (TPSA) is 65.4 Å². The van der Waals surface area contributed by atoms with Gasteiger partial charge in [-0.15, -0.1) is 0 Å². The number of nitrogens with zero attached hydrogens (tertiary/aromatic N) is 2. The summed E-state index contributed by atoms with van der Waals surface area (Å²) in [4.78, 5) is 12.7. The van der Waals surface area contributed by atoms with Crippen LogP contribution >= 0.6 is 11.6 Å². The van der Waals surface area contributed by atoms with Crippen molar-refractivity contribution in [2.75, 3.05) is 19.5 Å². The number of hydrogen-bond donors (Lipinski definition) is 1. The van der Waals surface area contributed by atoms with Gasteiger partial charge in [0.15, 0.2) is 5.69 Å². The average molecular weight is 426 g/mol. The van der Waals surface area contributed by atoms with Crippen molar-refractivity contribution in [3.05, 3.63) is 64.9 Å². The summed E-state index contributed by atoms with van der Waals surface area (Å²) in [6.07, 6.45) is -3.97. The number of nitrogens with one attached hydrogen (secondary N) is 1. The minimum Gasteiger partial charge on any atom is -0.497 e. The molecule has 3 rings (SSSR count). The highest BCUT2D eigenvalue weighted by molar-refractivity contribution is 6.30. The van der Waals surface area contributed by atoms with E-state index in [-0.39, 0.29) is 17.1 Å². The third-order valence-corrected chi connectivity index (χ3v) is 4.26. The molecule has 2 aromatic carbocycles. The first-order valence-electron chi connectivity index (χ1n) is 8.19. The summed E-state index contributed by atoms with van der Waals surface area (Å²) in [6, 6.07) is 10.2. The number of halogens is 4. The second-order valence-electron chi connectivity index (χ2n) is 5.81. The molecule has 0 saturated heterocycles. The smallest absolute Gasteiger partial charge is 0.434 e. The van der Waals surface area contributed by atoms with Gasteiger partial charge in [-0.3, -0.25) is 4.79 Å². The Balaban J connectivity index is 2.03. The molecular formula is C19H15ClF3N3O3. The predicted octanol–water partition coefficient (Wildman–Crippen LogP) is 4.81. The molecule has 29 heavy (non-hydrogen) atoms. The van der Waals surface area contributed by atoms with Crippen LogP contribution in [0.2, 0.25) is 5.02 Å². The zero-order valence-corrected chi connectivity index (χ0v) is 16.0. The Kier molecular flexibility index (Phi) is 5.69. The van der Waals surface area contributed by atoms with Gasteiger partial charge in [-0.25, -0.2) is 4.68 Å². The van der Waals surface area contributed by atoms with Gasteiger partial charge in [0.1, 0.15) is 11.5 Å². The highest BCUT2D eigenvalue weighted by Gasteiger charge is 2.40. The molecule has 10 heteroatoms. The molecule has 0 unspecified atom stereocenters. The van der Waals surface area contributed by atoms with Crippen LogP contribution in [0.1, 0.15) is 16.1 Å². The summed E-state index contributed by atoms with van der Waals surface area (Å²) >= 11 is 5.79. The Morgan fingerprint density at radius 3 is 2.38 bits per heavy atom. The minimum absolute atomic E-state index is 0.111. The van der Waals surface area contributed by atoms with E-state index in [9.17, 15) is 18.0 Å². The van der Waals surface area contributed by atoms with Crippen molar-refractivity contribution in [1.29, 1.82) is 0 Å². The lowest BCUT2D eigenvalue weighted by molar-refractivity contribution is -0.143. The van der Waals surface area contributed by atoms with E-state index in [1.807, 2.05) is 0 Å². The van der Waals surface area contributed by atoms with Crippen LogP contribution in [-0.4, -0.2) is 29.9 Å². The van der Waals surface area contributed by atoms with Gasteiger partial charge in [0.05, 0.1) is 37.4 Å². The summed E-state index contributed by atoms with van der Waals surface area (Å²) in [5.74, 6) is -0.337. The molecular weight excluding hydrogens is 411 g/mol. The van der Waals surface area contributed by atoms with Crippen molar-refractivity contribution in [3.8, 4) is 17.2 Å².